The number of likely N-dealkylation sites (tertiary alicyclic amines) is 1. The van der Waals surface area contributed by atoms with Crippen LogP contribution >= 0.6 is 0 Å². The quantitative estimate of drug-likeness (QED) is 0.490. The highest BCUT2D eigenvalue weighted by molar-refractivity contribution is 5.76. The van der Waals surface area contributed by atoms with Crippen molar-refractivity contribution >= 4 is 5.84 Å². The molecule has 3 N–H and O–H groups in total. The van der Waals surface area contributed by atoms with Gasteiger partial charge in [-0.15, -0.1) is 0 Å². The van der Waals surface area contributed by atoms with Crippen LogP contribution in [0.25, 0.3) is 0 Å². The van der Waals surface area contributed by atoms with Gasteiger partial charge in [-0.25, -0.2) is 0 Å². The highest BCUT2D eigenvalue weighted by Crippen LogP contribution is 2.20. The molecule has 3 heteroatoms. The lowest BCUT2D eigenvalue weighted by molar-refractivity contribution is 0.214. The molecule has 1 rings (SSSR count). The molecule has 70 valence electrons. The summed E-state index contributed by atoms with van der Waals surface area (Å²) in [4.78, 5) is 2.37. The third kappa shape index (κ3) is 3.22. The summed E-state index contributed by atoms with van der Waals surface area (Å²) in [6, 6.07) is 0. The van der Waals surface area contributed by atoms with Gasteiger partial charge in [-0.1, -0.05) is 0 Å². The van der Waals surface area contributed by atoms with Gasteiger partial charge in [0.05, 0.1) is 5.84 Å². The van der Waals surface area contributed by atoms with Crippen molar-refractivity contribution in [1.29, 1.82) is 5.41 Å². The van der Waals surface area contributed by atoms with Crippen LogP contribution in [0.15, 0.2) is 0 Å². The van der Waals surface area contributed by atoms with Gasteiger partial charge < -0.3 is 10.6 Å². The van der Waals surface area contributed by atoms with Gasteiger partial charge in [-0.3, -0.25) is 5.41 Å². The molecule has 1 saturated heterocycles. The van der Waals surface area contributed by atoms with Crippen LogP contribution in [0.4, 0.5) is 0 Å². The molecule has 1 fully saturated rings. The first kappa shape index (κ1) is 9.52. The van der Waals surface area contributed by atoms with Crippen LogP contribution in [0.5, 0.6) is 0 Å². The normalized spacial score (nSPS) is 21.1. The molecule has 3 nitrogen and oxygen atoms in total. The molecule has 0 saturated carbocycles. The number of nitrogens with zero attached hydrogens (tertiary/aromatic N) is 1. The average molecular weight is 169 g/mol. The molecule has 12 heavy (non-hydrogen) atoms. The van der Waals surface area contributed by atoms with E-state index in [1.165, 1.54) is 25.9 Å². The van der Waals surface area contributed by atoms with Crippen molar-refractivity contribution in [3.63, 3.8) is 0 Å². The molecular weight excluding hydrogens is 150 g/mol. The zero-order valence-electron chi connectivity index (χ0n) is 7.84. The van der Waals surface area contributed by atoms with Crippen molar-refractivity contribution in [2.24, 2.45) is 11.7 Å². The fourth-order valence-corrected chi connectivity index (χ4v) is 1.71. The van der Waals surface area contributed by atoms with Gasteiger partial charge in [0.25, 0.3) is 0 Å². The zero-order chi connectivity index (χ0) is 8.97. The Balaban J connectivity index is 2.13. The molecule has 1 aliphatic rings. The van der Waals surface area contributed by atoms with Gasteiger partial charge in [0.1, 0.15) is 0 Å². The summed E-state index contributed by atoms with van der Waals surface area (Å²) in [5.41, 5.74) is 5.31. The lowest BCUT2D eigenvalue weighted by Gasteiger charge is -2.28. The molecule has 0 radical (unpaired) electrons. The zero-order valence-corrected chi connectivity index (χ0v) is 7.84. The maximum atomic E-state index is 7.12. The number of rotatable bonds is 3. The molecule has 0 aromatic rings. The number of amidine groups is 1. The SMILES string of the molecule is CN1CCC(CCC(=N)N)CC1. The number of piperidine rings is 1. The van der Waals surface area contributed by atoms with Gasteiger partial charge in [0.15, 0.2) is 0 Å². The van der Waals surface area contributed by atoms with Crippen LogP contribution in [0.2, 0.25) is 0 Å². The minimum absolute atomic E-state index is 0.342. The lowest BCUT2D eigenvalue weighted by Crippen LogP contribution is -2.30. The highest BCUT2D eigenvalue weighted by Gasteiger charge is 2.15. The van der Waals surface area contributed by atoms with Crippen LogP contribution in [-0.2, 0) is 0 Å². The number of hydrogen-bond acceptors (Lipinski definition) is 2. The Morgan fingerprint density at radius 3 is 2.58 bits per heavy atom. The van der Waals surface area contributed by atoms with Gasteiger partial charge in [-0.2, -0.15) is 0 Å². The molecule has 0 amide bonds. The van der Waals surface area contributed by atoms with E-state index >= 15 is 0 Å². The maximum absolute atomic E-state index is 7.12. The average Bonchev–Trinajstić information content (AvgIpc) is 2.03. The Morgan fingerprint density at radius 2 is 2.08 bits per heavy atom. The van der Waals surface area contributed by atoms with E-state index in [0.29, 0.717) is 5.84 Å². The van der Waals surface area contributed by atoms with Crippen molar-refractivity contribution in [3.05, 3.63) is 0 Å². The van der Waals surface area contributed by atoms with E-state index in [9.17, 15) is 0 Å². The Morgan fingerprint density at radius 1 is 1.50 bits per heavy atom. The van der Waals surface area contributed by atoms with E-state index in [1.54, 1.807) is 0 Å². The van der Waals surface area contributed by atoms with Crippen molar-refractivity contribution in [1.82, 2.24) is 4.90 Å². The lowest BCUT2D eigenvalue weighted by atomic mass is 9.92. The monoisotopic (exact) mass is 169 g/mol. The number of nitrogens with one attached hydrogen (secondary N) is 1. The smallest absolute Gasteiger partial charge is 0.0905 e. The third-order valence-corrected chi connectivity index (χ3v) is 2.66. The van der Waals surface area contributed by atoms with Crippen LogP contribution in [0, 0.1) is 11.3 Å². The maximum Gasteiger partial charge on any atom is 0.0905 e. The summed E-state index contributed by atoms with van der Waals surface area (Å²) in [7, 11) is 2.17. The second kappa shape index (κ2) is 4.45. The molecule has 0 atom stereocenters. The van der Waals surface area contributed by atoms with Crippen LogP contribution in [0.1, 0.15) is 25.7 Å². The van der Waals surface area contributed by atoms with Crippen molar-refractivity contribution in [3.8, 4) is 0 Å². The Kier molecular flexibility index (Phi) is 3.53. The topological polar surface area (TPSA) is 53.1 Å². The Bertz CT molecular complexity index is 148. The third-order valence-electron chi connectivity index (χ3n) is 2.66. The predicted molar refractivity (Wildman–Crippen MR) is 51.4 cm³/mol. The second-order valence-corrected chi connectivity index (χ2v) is 3.81. The summed E-state index contributed by atoms with van der Waals surface area (Å²) in [5, 5.41) is 7.12. The standard InChI is InChI=1S/C9H19N3/c1-12-6-4-8(5-7-12)2-3-9(10)11/h8H,2-7H2,1H3,(H3,10,11). The molecule has 0 aliphatic carbocycles. The summed E-state index contributed by atoms with van der Waals surface area (Å²) >= 11 is 0. The van der Waals surface area contributed by atoms with Gasteiger partial charge >= 0.3 is 0 Å². The minimum atomic E-state index is 0.342. The fourth-order valence-electron chi connectivity index (χ4n) is 1.71. The summed E-state index contributed by atoms with van der Waals surface area (Å²) in [6.07, 6.45) is 4.46. The van der Waals surface area contributed by atoms with Crippen LogP contribution in [-0.4, -0.2) is 30.9 Å². The Hall–Kier alpha value is -0.570. The summed E-state index contributed by atoms with van der Waals surface area (Å²) in [6.45, 7) is 2.42. The largest absolute Gasteiger partial charge is 0.388 e. The van der Waals surface area contributed by atoms with Gasteiger partial charge in [0, 0.05) is 6.42 Å². The first-order valence-electron chi connectivity index (χ1n) is 4.70. The Labute approximate surface area is 74.4 Å². The van der Waals surface area contributed by atoms with E-state index in [0.717, 1.165) is 18.8 Å². The van der Waals surface area contributed by atoms with Crippen molar-refractivity contribution in [2.75, 3.05) is 20.1 Å². The van der Waals surface area contributed by atoms with E-state index in [4.69, 9.17) is 11.1 Å². The van der Waals surface area contributed by atoms with Crippen LogP contribution < -0.4 is 5.73 Å². The summed E-state index contributed by atoms with van der Waals surface area (Å²) < 4.78 is 0. The molecule has 1 heterocycles. The molecule has 0 aromatic carbocycles. The molecule has 1 aliphatic heterocycles. The van der Waals surface area contributed by atoms with Crippen LogP contribution in [0.3, 0.4) is 0 Å². The predicted octanol–water partition coefficient (Wildman–Crippen LogP) is 1.04. The number of hydrogen-bond donors (Lipinski definition) is 2. The highest BCUT2D eigenvalue weighted by atomic mass is 15.1. The van der Waals surface area contributed by atoms with Gasteiger partial charge in [0.2, 0.25) is 0 Å². The van der Waals surface area contributed by atoms with E-state index < -0.39 is 0 Å². The molecular formula is C9H19N3. The second-order valence-electron chi connectivity index (χ2n) is 3.81. The van der Waals surface area contributed by atoms with E-state index in [-0.39, 0.29) is 0 Å². The van der Waals surface area contributed by atoms with E-state index in [1.807, 2.05) is 0 Å². The molecule has 0 spiro atoms. The van der Waals surface area contributed by atoms with Gasteiger partial charge in [-0.05, 0) is 45.3 Å². The van der Waals surface area contributed by atoms with Crippen molar-refractivity contribution in [2.45, 2.75) is 25.7 Å². The molecule has 0 unspecified atom stereocenters. The first-order valence-corrected chi connectivity index (χ1v) is 4.70. The minimum Gasteiger partial charge on any atom is -0.388 e. The van der Waals surface area contributed by atoms with E-state index in [2.05, 4.69) is 11.9 Å². The fraction of sp³-hybridized carbons (Fsp3) is 0.889. The molecule has 0 bridgehead atoms. The van der Waals surface area contributed by atoms with Crippen molar-refractivity contribution < 1.29 is 0 Å². The summed E-state index contributed by atoms with van der Waals surface area (Å²) in [5.74, 6) is 1.15. The number of nitrogens with two attached hydrogens (primary N) is 1. The molecule has 0 aromatic heterocycles. The first-order chi connectivity index (χ1) is 5.68.